The van der Waals surface area contributed by atoms with Gasteiger partial charge in [0.1, 0.15) is 0 Å². The average Bonchev–Trinajstić information content (AvgIpc) is 2.27. The minimum Gasteiger partial charge on any atom is -0.392 e. The predicted molar refractivity (Wildman–Crippen MR) is 76.6 cm³/mol. The van der Waals surface area contributed by atoms with Crippen LogP contribution >= 0.6 is 11.8 Å². The monoisotopic (exact) mass is 252 g/mol. The lowest BCUT2D eigenvalue weighted by Crippen LogP contribution is -2.14. The molecule has 0 saturated heterocycles. The van der Waals surface area contributed by atoms with E-state index in [1.54, 1.807) is 11.8 Å². The second-order valence-electron chi connectivity index (χ2n) is 4.91. The Balaban J connectivity index is 2.30. The molecule has 1 N–H and O–H groups in total. The first kappa shape index (κ1) is 14.6. The molecule has 1 rings (SSSR count). The molecule has 0 amide bonds. The highest BCUT2D eigenvalue weighted by Crippen LogP contribution is 2.22. The van der Waals surface area contributed by atoms with Gasteiger partial charge in [-0.1, -0.05) is 44.4 Å². The van der Waals surface area contributed by atoms with E-state index in [1.165, 1.54) is 23.3 Å². The summed E-state index contributed by atoms with van der Waals surface area (Å²) >= 11 is 1.75. The molecule has 0 bridgehead atoms. The second kappa shape index (κ2) is 7.78. The van der Waals surface area contributed by atoms with E-state index in [1.807, 2.05) is 0 Å². The summed E-state index contributed by atoms with van der Waals surface area (Å²) in [6.45, 7) is 6.53. The van der Waals surface area contributed by atoms with Crippen LogP contribution in [0, 0.1) is 12.8 Å². The Morgan fingerprint density at radius 2 is 2.12 bits per heavy atom. The highest BCUT2D eigenvalue weighted by Gasteiger charge is 2.10. The first-order valence-electron chi connectivity index (χ1n) is 6.49. The summed E-state index contributed by atoms with van der Waals surface area (Å²) in [6.07, 6.45) is 3.17. The van der Waals surface area contributed by atoms with E-state index in [4.69, 9.17) is 0 Å². The van der Waals surface area contributed by atoms with Crippen molar-refractivity contribution in [1.82, 2.24) is 0 Å². The van der Waals surface area contributed by atoms with Gasteiger partial charge in [-0.05, 0) is 31.4 Å². The zero-order chi connectivity index (χ0) is 12.7. The SMILES string of the molecule is CCCC(C)CC(O)CSc1cccc(C)c1. The van der Waals surface area contributed by atoms with Gasteiger partial charge in [-0.3, -0.25) is 0 Å². The van der Waals surface area contributed by atoms with E-state index in [0.29, 0.717) is 5.92 Å². The van der Waals surface area contributed by atoms with Crippen molar-refractivity contribution in [2.75, 3.05) is 5.75 Å². The minimum absolute atomic E-state index is 0.179. The summed E-state index contributed by atoms with van der Waals surface area (Å²) < 4.78 is 0. The van der Waals surface area contributed by atoms with Crippen molar-refractivity contribution in [3.8, 4) is 0 Å². The third-order valence-corrected chi connectivity index (χ3v) is 4.03. The lowest BCUT2D eigenvalue weighted by Gasteiger charge is -2.15. The van der Waals surface area contributed by atoms with Crippen molar-refractivity contribution in [2.24, 2.45) is 5.92 Å². The quantitative estimate of drug-likeness (QED) is 0.731. The molecule has 2 heteroatoms. The maximum absolute atomic E-state index is 9.96. The van der Waals surface area contributed by atoms with Crippen LogP contribution in [-0.2, 0) is 0 Å². The van der Waals surface area contributed by atoms with Crippen LogP contribution in [0.2, 0.25) is 0 Å². The molecule has 0 aliphatic heterocycles. The van der Waals surface area contributed by atoms with Gasteiger partial charge in [0.05, 0.1) is 6.10 Å². The van der Waals surface area contributed by atoms with Gasteiger partial charge in [0.15, 0.2) is 0 Å². The third-order valence-electron chi connectivity index (χ3n) is 2.89. The number of rotatable bonds is 7. The van der Waals surface area contributed by atoms with Crippen LogP contribution in [0.4, 0.5) is 0 Å². The van der Waals surface area contributed by atoms with Gasteiger partial charge in [0.2, 0.25) is 0 Å². The summed E-state index contributed by atoms with van der Waals surface area (Å²) in [5.74, 6) is 1.44. The van der Waals surface area contributed by atoms with Crippen LogP contribution in [-0.4, -0.2) is 17.0 Å². The van der Waals surface area contributed by atoms with Crippen molar-refractivity contribution < 1.29 is 5.11 Å². The Bertz CT molecular complexity index is 324. The number of benzene rings is 1. The molecule has 1 nitrogen and oxygen atoms in total. The van der Waals surface area contributed by atoms with Gasteiger partial charge in [-0.2, -0.15) is 0 Å². The summed E-state index contributed by atoms with van der Waals surface area (Å²) in [4.78, 5) is 1.26. The van der Waals surface area contributed by atoms with Gasteiger partial charge in [0.25, 0.3) is 0 Å². The number of thioether (sulfide) groups is 1. The first-order valence-corrected chi connectivity index (χ1v) is 7.48. The maximum Gasteiger partial charge on any atom is 0.0636 e. The Morgan fingerprint density at radius 1 is 1.35 bits per heavy atom. The van der Waals surface area contributed by atoms with Crippen LogP contribution < -0.4 is 0 Å². The summed E-state index contributed by atoms with van der Waals surface area (Å²) in [5.41, 5.74) is 1.28. The number of aliphatic hydroxyl groups is 1. The molecule has 1 aromatic rings. The molecule has 96 valence electrons. The summed E-state index contributed by atoms with van der Waals surface area (Å²) in [6, 6.07) is 8.46. The average molecular weight is 252 g/mol. The second-order valence-corrected chi connectivity index (χ2v) is 6.00. The van der Waals surface area contributed by atoms with E-state index in [0.717, 1.165) is 12.2 Å². The Kier molecular flexibility index (Phi) is 6.68. The number of aliphatic hydroxyl groups excluding tert-OH is 1. The molecule has 2 unspecified atom stereocenters. The fourth-order valence-electron chi connectivity index (χ4n) is 2.04. The maximum atomic E-state index is 9.96. The van der Waals surface area contributed by atoms with E-state index < -0.39 is 0 Å². The summed E-state index contributed by atoms with van der Waals surface area (Å²) in [7, 11) is 0. The van der Waals surface area contributed by atoms with Gasteiger partial charge in [0, 0.05) is 10.6 Å². The molecule has 0 aliphatic rings. The highest BCUT2D eigenvalue weighted by atomic mass is 32.2. The standard InChI is InChI=1S/C15H24OS/c1-4-6-12(2)9-14(16)11-17-15-8-5-7-13(3)10-15/h5,7-8,10,12,14,16H,4,6,9,11H2,1-3H3. The minimum atomic E-state index is -0.179. The van der Waals surface area contributed by atoms with E-state index in [-0.39, 0.29) is 6.10 Å². The third kappa shape index (κ3) is 6.13. The zero-order valence-electron chi connectivity index (χ0n) is 11.1. The molecule has 0 aromatic heterocycles. The van der Waals surface area contributed by atoms with E-state index in [9.17, 15) is 5.11 Å². The van der Waals surface area contributed by atoms with Gasteiger partial charge in [-0.15, -0.1) is 11.8 Å². The molecule has 0 radical (unpaired) electrons. The highest BCUT2D eigenvalue weighted by molar-refractivity contribution is 7.99. The molecule has 0 heterocycles. The van der Waals surface area contributed by atoms with Crippen molar-refractivity contribution in [3.63, 3.8) is 0 Å². The zero-order valence-corrected chi connectivity index (χ0v) is 12.0. The molecule has 0 spiro atoms. The molecular weight excluding hydrogens is 228 g/mol. The van der Waals surface area contributed by atoms with Crippen molar-refractivity contribution in [2.45, 2.75) is 51.0 Å². The number of aryl methyl sites for hydroxylation is 1. The summed E-state index contributed by atoms with van der Waals surface area (Å²) in [5, 5.41) is 9.96. The lowest BCUT2D eigenvalue weighted by molar-refractivity contribution is 0.166. The van der Waals surface area contributed by atoms with Crippen LogP contribution in [0.25, 0.3) is 0 Å². The molecule has 2 atom stereocenters. The van der Waals surface area contributed by atoms with Crippen LogP contribution in [0.3, 0.4) is 0 Å². The molecule has 17 heavy (non-hydrogen) atoms. The van der Waals surface area contributed by atoms with Gasteiger partial charge < -0.3 is 5.11 Å². The Morgan fingerprint density at radius 3 is 2.76 bits per heavy atom. The molecule has 0 aliphatic carbocycles. The molecule has 0 saturated carbocycles. The topological polar surface area (TPSA) is 20.2 Å². The Labute approximate surface area is 110 Å². The van der Waals surface area contributed by atoms with Crippen molar-refractivity contribution in [3.05, 3.63) is 29.8 Å². The fourth-order valence-corrected chi connectivity index (χ4v) is 3.01. The predicted octanol–water partition coefficient (Wildman–Crippen LogP) is 4.27. The number of hydrogen-bond acceptors (Lipinski definition) is 2. The van der Waals surface area contributed by atoms with Crippen LogP contribution in [0.1, 0.15) is 38.7 Å². The van der Waals surface area contributed by atoms with Crippen molar-refractivity contribution >= 4 is 11.8 Å². The smallest absolute Gasteiger partial charge is 0.0636 e. The normalized spacial score (nSPS) is 14.6. The Hall–Kier alpha value is -0.470. The van der Waals surface area contributed by atoms with E-state index in [2.05, 4.69) is 45.0 Å². The van der Waals surface area contributed by atoms with Crippen LogP contribution in [0.15, 0.2) is 29.2 Å². The van der Waals surface area contributed by atoms with Gasteiger partial charge in [-0.25, -0.2) is 0 Å². The number of hydrogen-bond donors (Lipinski definition) is 1. The molecule has 1 aromatic carbocycles. The fraction of sp³-hybridized carbons (Fsp3) is 0.600. The van der Waals surface area contributed by atoms with E-state index >= 15 is 0 Å². The van der Waals surface area contributed by atoms with Gasteiger partial charge >= 0.3 is 0 Å². The first-order chi connectivity index (χ1) is 8.11. The lowest BCUT2D eigenvalue weighted by atomic mass is 10.00. The largest absolute Gasteiger partial charge is 0.392 e. The molecular formula is C15H24OS. The van der Waals surface area contributed by atoms with Crippen molar-refractivity contribution in [1.29, 1.82) is 0 Å². The van der Waals surface area contributed by atoms with Crippen LogP contribution in [0.5, 0.6) is 0 Å². The molecule has 0 fully saturated rings.